The second-order valence-electron chi connectivity index (χ2n) is 8.18. The molecule has 3 heteroatoms. The highest BCUT2D eigenvalue weighted by molar-refractivity contribution is 4.96. The van der Waals surface area contributed by atoms with E-state index in [4.69, 9.17) is 0 Å². The molecule has 3 fully saturated rings. The third-order valence-electron chi connectivity index (χ3n) is 6.08. The number of rotatable bonds is 7. The third-order valence-corrected chi connectivity index (χ3v) is 6.08. The summed E-state index contributed by atoms with van der Waals surface area (Å²) in [6, 6.07) is 3.22. The first kappa shape index (κ1) is 15.8. The molecule has 0 bridgehead atoms. The second-order valence-corrected chi connectivity index (χ2v) is 8.18. The molecular formula is C18H35N3. The monoisotopic (exact) mass is 293 g/mol. The van der Waals surface area contributed by atoms with E-state index in [1.165, 1.54) is 58.4 Å². The van der Waals surface area contributed by atoms with E-state index in [-0.39, 0.29) is 0 Å². The van der Waals surface area contributed by atoms with Crippen molar-refractivity contribution in [3.05, 3.63) is 0 Å². The van der Waals surface area contributed by atoms with Gasteiger partial charge in [0.25, 0.3) is 0 Å². The van der Waals surface area contributed by atoms with E-state index in [0.717, 1.165) is 30.1 Å². The zero-order chi connectivity index (χ0) is 15.0. The zero-order valence-corrected chi connectivity index (χ0v) is 14.6. The van der Waals surface area contributed by atoms with Crippen LogP contribution in [-0.2, 0) is 0 Å². The molecule has 21 heavy (non-hydrogen) atoms. The minimum Gasteiger partial charge on any atom is -0.301 e. The summed E-state index contributed by atoms with van der Waals surface area (Å²) in [7, 11) is 0. The Bertz CT molecular complexity index is 331. The van der Waals surface area contributed by atoms with Crippen LogP contribution in [0.1, 0.15) is 53.4 Å². The molecule has 0 aromatic carbocycles. The van der Waals surface area contributed by atoms with E-state index in [9.17, 15) is 0 Å². The smallest absolute Gasteiger partial charge is 0.0241 e. The van der Waals surface area contributed by atoms with Gasteiger partial charge in [-0.1, -0.05) is 0 Å². The molecule has 3 aliphatic rings. The van der Waals surface area contributed by atoms with Crippen LogP contribution in [-0.4, -0.2) is 71.6 Å². The van der Waals surface area contributed by atoms with E-state index < -0.39 is 0 Å². The lowest BCUT2D eigenvalue weighted by Gasteiger charge is -2.45. The van der Waals surface area contributed by atoms with Gasteiger partial charge in [0.15, 0.2) is 0 Å². The van der Waals surface area contributed by atoms with E-state index in [2.05, 4.69) is 42.4 Å². The maximum atomic E-state index is 2.72. The normalized spacial score (nSPS) is 34.1. The molecule has 0 radical (unpaired) electrons. The average Bonchev–Trinajstić information content (AvgIpc) is 2.95. The maximum absolute atomic E-state index is 2.72. The molecule has 0 spiro atoms. The van der Waals surface area contributed by atoms with Crippen LogP contribution in [0.2, 0.25) is 0 Å². The molecule has 4 atom stereocenters. The average molecular weight is 293 g/mol. The molecule has 0 aromatic rings. The van der Waals surface area contributed by atoms with Crippen molar-refractivity contribution in [1.82, 2.24) is 14.7 Å². The molecule has 3 aliphatic heterocycles. The van der Waals surface area contributed by atoms with Crippen LogP contribution in [0.5, 0.6) is 0 Å². The fourth-order valence-electron chi connectivity index (χ4n) is 4.51. The molecule has 0 amide bonds. The molecule has 3 heterocycles. The van der Waals surface area contributed by atoms with Crippen molar-refractivity contribution in [3.63, 3.8) is 0 Å². The molecule has 0 saturated carbocycles. The number of hydrogen-bond acceptors (Lipinski definition) is 3. The van der Waals surface area contributed by atoms with Crippen molar-refractivity contribution in [2.24, 2.45) is 5.92 Å². The summed E-state index contributed by atoms with van der Waals surface area (Å²) >= 11 is 0. The Hall–Kier alpha value is -0.120. The largest absolute Gasteiger partial charge is 0.301 e. The van der Waals surface area contributed by atoms with Gasteiger partial charge in [-0.3, -0.25) is 9.80 Å². The Morgan fingerprint density at radius 1 is 0.810 bits per heavy atom. The molecule has 3 nitrogen and oxygen atoms in total. The van der Waals surface area contributed by atoms with Crippen molar-refractivity contribution < 1.29 is 0 Å². The summed E-state index contributed by atoms with van der Waals surface area (Å²) in [5.41, 5.74) is 0. The predicted octanol–water partition coefficient (Wildman–Crippen LogP) is 2.66. The van der Waals surface area contributed by atoms with E-state index in [1.807, 2.05) is 0 Å². The Morgan fingerprint density at radius 3 is 2.00 bits per heavy atom. The van der Waals surface area contributed by atoms with Crippen LogP contribution < -0.4 is 0 Å². The Morgan fingerprint density at radius 2 is 1.43 bits per heavy atom. The Kier molecular flexibility index (Phi) is 4.92. The molecule has 0 aliphatic carbocycles. The van der Waals surface area contributed by atoms with Gasteiger partial charge in [0.2, 0.25) is 0 Å². The van der Waals surface area contributed by atoms with Crippen LogP contribution in [0.3, 0.4) is 0 Å². The Labute approximate surface area is 131 Å². The molecular weight excluding hydrogens is 258 g/mol. The van der Waals surface area contributed by atoms with E-state index >= 15 is 0 Å². The summed E-state index contributed by atoms with van der Waals surface area (Å²) in [6.45, 7) is 16.3. The topological polar surface area (TPSA) is 9.49 Å². The molecule has 3 rings (SSSR count). The minimum atomic E-state index is 0.743. The fraction of sp³-hybridized carbons (Fsp3) is 1.00. The quantitative estimate of drug-likeness (QED) is 0.668. The van der Waals surface area contributed by atoms with Gasteiger partial charge in [0, 0.05) is 43.8 Å². The van der Waals surface area contributed by atoms with Gasteiger partial charge >= 0.3 is 0 Å². The third kappa shape index (κ3) is 3.80. The highest BCUT2D eigenvalue weighted by Gasteiger charge is 2.40. The maximum Gasteiger partial charge on any atom is 0.0241 e. The van der Waals surface area contributed by atoms with Gasteiger partial charge in [-0.05, 0) is 72.4 Å². The zero-order valence-electron chi connectivity index (χ0n) is 14.6. The van der Waals surface area contributed by atoms with E-state index in [0.29, 0.717) is 0 Å². The minimum absolute atomic E-state index is 0.743. The summed E-state index contributed by atoms with van der Waals surface area (Å²) in [4.78, 5) is 8.05. The summed E-state index contributed by atoms with van der Waals surface area (Å²) in [6.07, 6.45) is 5.65. The van der Waals surface area contributed by atoms with Crippen molar-refractivity contribution in [2.75, 3.05) is 32.7 Å². The van der Waals surface area contributed by atoms with Crippen molar-refractivity contribution in [3.8, 4) is 0 Å². The lowest BCUT2D eigenvalue weighted by molar-refractivity contribution is 0.0355. The SMILES string of the molecule is CC(CC1CN(C(C)CC2CN2C(C)C)C1)N1CCCC1. The van der Waals surface area contributed by atoms with Crippen molar-refractivity contribution >= 4 is 0 Å². The molecule has 4 unspecified atom stereocenters. The first-order valence-electron chi connectivity index (χ1n) is 9.28. The molecule has 0 aromatic heterocycles. The van der Waals surface area contributed by atoms with Gasteiger partial charge in [-0.25, -0.2) is 0 Å². The molecule has 3 saturated heterocycles. The number of likely N-dealkylation sites (tertiary alicyclic amines) is 2. The summed E-state index contributed by atoms with van der Waals surface area (Å²) in [5, 5.41) is 0. The summed E-state index contributed by atoms with van der Waals surface area (Å²) < 4.78 is 0. The van der Waals surface area contributed by atoms with Gasteiger partial charge < -0.3 is 4.90 Å². The lowest BCUT2D eigenvalue weighted by atomic mass is 9.90. The first-order chi connectivity index (χ1) is 10.0. The van der Waals surface area contributed by atoms with Crippen LogP contribution >= 0.6 is 0 Å². The van der Waals surface area contributed by atoms with Gasteiger partial charge in [0.05, 0.1) is 0 Å². The van der Waals surface area contributed by atoms with Crippen molar-refractivity contribution in [1.29, 1.82) is 0 Å². The van der Waals surface area contributed by atoms with Crippen LogP contribution in [0, 0.1) is 5.92 Å². The van der Waals surface area contributed by atoms with Gasteiger partial charge in [-0.15, -0.1) is 0 Å². The van der Waals surface area contributed by atoms with Crippen LogP contribution in [0.15, 0.2) is 0 Å². The second kappa shape index (κ2) is 6.55. The fourth-order valence-corrected chi connectivity index (χ4v) is 4.51. The summed E-state index contributed by atoms with van der Waals surface area (Å²) in [5.74, 6) is 0.962. The number of hydrogen-bond donors (Lipinski definition) is 0. The Balaban J connectivity index is 1.32. The van der Waals surface area contributed by atoms with Crippen LogP contribution in [0.25, 0.3) is 0 Å². The van der Waals surface area contributed by atoms with E-state index in [1.54, 1.807) is 0 Å². The highest BCUT2D eigenvalue weighted by Crippen LogP contribution is 2.31. The number of nitrogens with zero attached hydrogens (tertiary/aromatic N) is 3. The van der Waals surface area contributed by atoms with Crippen LogP contribution in [0.4, 0.5) is 0 Å². The molecule has 122 valence electrons. The predicted molar refractivity (Wildman–Crippen MR) is 89.7 cm³/mol. The van der Waals surface area contributed by atoms with Gasteiger partial charge in [-0.2, -0.15) is 0 Å². The molecule has 0 N–H and O–H groups in total. The highest BCUT2D eigenvalue weighted by atomic mass is 15.3. The lowest BCUT2D eigenvalue weighted by Crippen LogP contribution is -2.53. The first-order valence-corrected chi connectivity index (χ1v) is 9.28. The van der Waals surface area contributed by atoms with Gasteiger partial charge in [0.1, 0.15) is 0 Å². The van der Waals surface area contributed by atoms with Crippen molar-refractivity contribution in [2.45, 2.75) is 77.5 Å². The standard InChI is InChI=1S/C18H35N3/c1-14(2)21-13-18(21)10-16(4)20-11-17(12-20)9-15(3)19-7-5-6-8-19/h14-18H,5-13H2,1-4H3.